The van der Waals surface area contributed by atoms with Gasteiger partial charge in [-0.25, -0.2) is 0 Å². The summed E-state index contributed by atoms with van der Waals surface area (Å²) in [5.41, 5.74) is 2.08. The van der Waals surface area contributed by atoms with Gasteiger partial charge in [-0.05, 0) is 36.9 Å². The fourth-order valence-electron chi connectivity index (χ4n) is 3.32. The van der Waals surface area contributed by atoms with Crippen molar-refractivity contribution in [2.75, 3.05) is 40.4 Å². The molecule has 8 heteroatoms. The van der Waals surface area contributed by atoms with Gasteiger partial charge in [0, 0.05) is 49.0 Å². The molecule has 0 bridgehead atoms. The van der Waals surface area contributed by atoms with Gasteiger partial charge in [0.25, 0.3) is 0 Å². The highest BCUT2D eigenvalue weighted by molar-refractivity contribution is 8.00. The zero-order valence-corrected chi connectivity index (χ0v) is 18.5. The smallest absolute Gasteiger partial charge is 0.311 e. The highest BCUT2D eigenvalue weighted by atomic mass is 32.2. The maximum Gasteiger partial charge on any atom is 0.311 e. The molecule has 0 radical (unpaired) electrons. The third-order valence-electron chi connectivity index (χ3n) is 5.12. The van der Waals surface area contributed by atoms with Crippen molar-refractivity contribution in [3.05, 3.63) is 66.1 Å². The number of carbonyl (C=O) groups is 1. The SMILES string of the molecule is COCCN(C)Cc1ccc(SC2CN(C(=O)c3nnc(-c4ccccc4)o3)C2)cc1. The number of carbonyl (C=O) groups excluding carboxylic acids is 1. The quantitative estimate of drug-likeness (QED) is 0.507. The Labute approximate surface area is 186 Å². The van der Waals surface area contributed by atoms with E-state index in [1.165, 1.54) is 10.5 Å². The zero-order valence-electron chi connectivity index (χ0n) is 17.7. The van der Waals surface area contributed by atoms with Crippen LogP contribution in [0.2, 0.25) is 0 Å². The molecule has 31 heavy (non-hydrogen) atoms. The van der Waals surface area contributed by atoms with Gasteiger partial charge in [0.15, 0.2) is 0 Å². The lowest BCUT2D eigenvalue weighted by Crippen LogP contribution is -2.52. The van der Waals surface area contributed by atoms with Gasteiger partial charge in [0.05, 0.1) is 6.61 Å². The first kappa shape index (κ1) is 21.5. The first-order valence-electron chi connectivity index (χ1n) is 10.2. The third kappa shape index (κ3) is 5.52. The van der Waals surface area contributed by atoms with Gasteiger partial charge in [0.2, 0.25) is 5.89 Å². The monoisotopic (exact) mass is 438 g/mol. The number of hydrogen-bond donors (Lipinski definition) is 0. The van der Waals surface area contributed by atoms with Crippen LogP contribution in [0.4, 0.5) is 0 Å². The molecule has 162 valence electrons. The maximum absolute atomic E-state index is 12.6. The van der Waals surface area contributed by atoms with Crippen molar-refractivity contribution in [1.29, 1.82) is 0 Å². The molecule has 1 aromatic heterocycles. The van der Waals surface area contributed by atoms with E-state index in [0.29, 0.717) is 24.2 Å². The van der Waals surface area contributed by atoms with Crippen LogP contribution in [-0.2, 0) is 11.3 Å². The van der Waals surface area contributed by atoms with Crippen molar-refractivity contribution in [1.82, 2.24) is 20.0 Å². The fraction of sp³-hybridized carbons (Fsp3) is 0.348. The minimum absolute atomic E-state index is 0.0456. The molecule has 1 aliphatic rings. The van der Waals surface area contributed by atoms with Crippen LogP contribution in [-0.4, -0.2) is 71.6 Å². The predicted molar refractivity (Wildman–Crippen MR) is 120 cm³/mol. The van der Waals surface area contributed by atoms with Crippen molar-refractivity contribution < 1.29 is 13.9 Å². The summed E-state index contributed by atoms with van der Waals surface area (Å²) in [5.74, 6) is 0.202. The molecule has 0 aliphatic carbocycles. The average Bonchev–Trinajstić information content (AvgIpc) is 3.26. The van der Waals surface area contributed by atoms with Crippen LogP contribution in [0.5, 0.6) is 0 Å². The first-order chi connectivity index (χ1) is 15.1. The summed E-state index contributed by atoms with van der Waals surface area (Å²) in [5, 5.41) is 8.30. The number of hydrogen-bond acceptors (Lipinski definition) is 7. The molecule has 3 aromatic rings. The molecule has 2 heterocycles. The average molecular weight is 439 g/mol. The molecule has 1 saturated heterocycles. The van der Waals surface area contributed by atoms with Crippen LogP contribution in [0.3, 0.4) is 0 Å². The number of likely N-dealkylation sites (N-methyl/N-ethyl adjacent to an activating group) is 1. The molecule has 0 atom stereocenters. The zero-order chi connectivity index (χ0) is 21.6. The van der Waals surface area contributed by atoms with Gasteiger partial charge in [-0.15, -0.1) is 22.0 Å². The Morgan fingerprint density at radius 3 is 2.61 bits per heavy atom. The second-order valence-electron chi connectivity index (χ2n) is 7.60. The molecule has 1 amide bonds. The van der Waals surface area contributed by atoms with Gasteiger partial charge in [-0.3, -0.25) is 9.69 Å². The van der Waals surface area contributed by atoms with Crippen LogP contribution in [0.1, 0.15) is 16.2 Å². The van der Waals surface area contributed by atoms with Gasteiger partial charge >= 0.3 is 11.8 Å². The number of methoxy groups -OCH3 is 1. The number of amides is 1. The number of nitrogens with zero attached hydrogens (tertiary/aromatic N) is 4. The number of thioether (sulfide) groups is 1. The Hall–Kier alpha value is -2.68. The summed E-state index contributed by atoms with van der Waals surface area (Å²) >= 11 is 1.80. The Bertz CT molecular complexity index is 988. The lowest BCUT2D eigenvalue weighted by atomic mass is 10.2. The van der Waals surface area contributed by atoms with E-state index in [2.05, 4.69) is 46.4 Å². The summed E-state index contributed by atoms with van der Waals surface area (Å²) in [7, 11) is 3.81. The van der Waals surface area contributed by atoms with E-state index in [1.54, 1.807) is 23.8 Å². The standard InChI is InChI=1S/C23H26N4O3S/c1-26(12-13-29-2)14-17-8-10-19(11-9-17)31-20-15-27(16-20)23(28)22-25-24-21(30-22)18-6-4-3-5-7-18/h3-11,20H,12-16H2,1-2H3. The van der Waals surface area contributed by atoms with Gasteiger partial charge in [0.1, 0.15) is 0 Å². The molecule has 7 nitrogen and oxygen atoms in total. The van der Waals surface area contributed by atoms with Crippen LogP contribution in [0.15, 0.2) is 63.9 Å². The summed E-state index contributed by atoms with van der Waals surface area (Å²) in [6.07, 6.45) is 0. The Morgan fingerprint density at radius 2 is 1.90 bits per heavy atom. The van der Waals surface area contributed by atoms with Crippen LogP contribution < -0.4 is 0 Å². The second-order valence-corrected chi connectivity index (χ2v) is 8.98. The van der Waals surface area contributed by atoms with Gasteiger partial charge in [-0.1, -0.05) is 30.3 Å². The number of aromatic nitrogens is 2. The van der Waals surface area contributed by atoms with Crippen molar-refractivity contribution >= 4 is 17.7 Å². The number of rotatable bonds is 9. The molecule has 2 aromatic carbocycles. The molecule has 4 rings (SSSR count). The van der Waals surface area contributed by atoms with Crippen molar-refractivity contribution in [2.24, 2.45) is 0 Å². The van der Waals surface area contributed by atoms with Crippen molar-refractivity contribution in [2.45, 2.75) is 16.7 Å². The lowest BCUT2D eigenvalue weighted by Gasteiger charge is -2.37. The minimum atomic E-state index is -0.207. The van der Waals surface area contributed by atoms with Crippen LogP contribution in [0.25, 0.3) is 11.5 Å². The number of benzene rings is 2. The topological polar surface area (TPSA) is 71.7 Å². The summed E-state index contributed by atoms with van der Waals surface area (Å²) in [4.78, 5) is 17.8. The Balaban J connectivity index is 1.25. The highest BCUT2D eigenvalue weighted by Crippen LogP contribution is 2.31. The van der Waals surface area contributed by atoms with Crippen LogP contribution in [0, 0.1) is 0 Å². The molecule has 0 unspecified atom stereocenters. The van der Waals surface area contributed by atoms with E-state index in [0.717, 1.165) is 25.3 Å². The lowest BCUT2D eigenvalue weighted by molar-refractivity contribution is 0.0623. The van der Waals surface area contributed by atoms with E-state index in [-0.39, 0.29) is 11.8 Å². The third-order valence-corrected chi connectivity index (χ3v) is 6.30. The van der Waals surface area contributed by atoms with E-state index >= 15 is 0 Å². The number of likely N-dealkylation sites (tertiary alicyclic amines) is 1. The summed E-state index contributed by atoms with van der Waals surface area (Å²) in [6.45, 7) is 3.89. The fourth-order valence-corrected chi connectivity index (χ4v) is 4.51. The Kier molecular flexibility index (Phi) is 7.01. The normalized spacial score (nSPS) is 14.1. The van der Waals surface area contributed by atoms with Crippen molar-refractivity contribution in [3.63, 3.8) is 0 Å². The Morgan fingerprint density at radius 1 is 1.16 bits per heavy atom. The predicted octanol–water partition coefficient (Wildman–Crippen LogP) is 3.43. The molecule has 1 fully saturated rings. The highest BCUT2D eigenvalue weighted by Gasteiger charge is 2.34. The van der Waals surface area contributed by atoms with Crippen LogP contribution >= 0.6 is 11.8 Å². The maximum atomic E-state index is 12.6. The first-order valence-corrected chi connectivity index (χ1v) is 11.1. The molecule has 0 saturated carbocycles. The molecular weight excluding hydrogens is 412 g/mol. The van der Waals surface area contributed by atoms with E-state index in [4.69, 9.17) is 9.15 Å². The summed E-state index contributed by atoms with van der Waals surface area (Å²) < 4.78 is 10.7. The minimum Gasteiger partial charge on any atom is -0.412 e. The van der Waals surface area contributed by atoms with Gasteiger partial charge < -0.3 is 14.1 Å². The van der Waals surface area contributed by atoms with E-state index < -0.39 is 0 Å². The number of ether oxygens (including phenoxy) is 1. The van der Waals surface area contributed by atoms with Gasteiger partial charge in [-0.2, -0.15) is 0 Å². The molecule has 1 aliphatic heterocycles. The second kappa shape index (κ2) is 10.1. The van der Waals surface area contributed by atoms with Crippen molar-refractivity contribution in [3.8, 4) is 11.5 Å². The largest absolute Gasteiger partial charge is 0.412 e. The molecular formula is C23H26N4O3S. The summed E-state index contributed by atoms with van der Waals surface area (Å²) in [6, 6.07) is 18.1. The molecule has 0 spiro atoms. The van der Waals surface area contributed by atoms with E-state index in [9.17, 15) is 4.79 Å². The molecule has 0 N–H and O–H groups in total. The van der Waals surface area contributed by atoms with E-state index in [1.807, 2.05) is 30.3 Å².